The van der Waals surface area contributed by atoms with Crippen molar-refractivity contribution in [1.29, 1.82) is 5.26 Å². The summed E-state index contributed by atoms with van der Waals surface area (Å²) in [7, 11) is 1.18. The third-order valence-electron chi connectivity index (χ3n) is 2.31. The Labute approximate surface area is 125 Å². The highest BCUT2D eigenvalue weighted by Crippen LogP contribution is 2.22. The maximum atomic E-state index is 11.7. The van der Waals surface area contributed by atoms with E-state index >= 15 is 0 Å². The molecule has 0 bridgehead atoms. The number of aromatic amines is 1. The molecule has 1 rings (SSSR count). The zero-order valence-corrected chi connectivity index (χ0v) is 12.5. The van der Waals surface area contributed by atoms with E-state index in [1.807, 2.05) is 0 Å². The van der Waals surface area contributed by atoms with E-state index in [4.69, 9.17) is 10.00 Å². The number of nitrogens with zero attached hydrogens (tertiary/aromatic N) is 2. The molecule has 1 aromatic rings. The molecule has 0 saturated carbocycles. The molecule has 0 radical (unpaired) electrons. The Balaban J connectivity index is 3.11. The van der Waals surface area contributed by atoms with Gasteiger partial charge in [-0.25, -0.2) is 9.59 Å². The van der Waals surface area contributed by atoms with Crippen molar-refractivity contribution in [2.45, 2.75) is 6.92 Å². The molecular weight excluding hydrogens is 296 g/mol. The van der Waals surface area contributed by atoms with Crippen molar-refractivity contribution >= 4 is 29.5 Å². The minimum atomic E-state index is -0.772. The minimum absolute atomic E-state index is 0.172. The van der Waals surface area contributed by atoms with Crippen LogP contribution in [0, 0.1) is 11.3 Å². The molecule has 1 aromatic heterocycles. The van der Waals surface area contributed by atoms with E-state index < -0.39 is 11.9 Å². The van der Waals surface area contributed by atoms with E-state index in [1.165, 1.54) is 13.3 Å². The SMILES string of the molecule is CCOC(=O)c1cn[nH]c1N/C(SC)=C(\C#N)C(=O)OC. The summed E-state index contributed by atoms with van der Waals surface area (Å²) >= 11 is 1.12. The zero-order valence-electron chi connectivity index (χ0n) is 11.7. The predicted molar refractivity (Wildman–Crippen MR) is 76.3 cm³/mol. The van der Waals surface area contributed by atoms with Crippen LogP contribution in [0.15, 0.2) is 16.8 Å². The highest BCUT2D eigenvalue weighted by molar-refractivity contribution is 8.02. The van der Waals surface area contributed by atoms with Crippen LogP contribution >= 0.6 is 11.8 Å². The number of carbonyl (C=O) groups excluding carboxylic acids is 2. The number of H-pyrrole nitrogens is 1. The molecule has 0 aliphatic carbocycles. The number of anilines is 1. The second-order valence-electron chi connectivity index (χ2n) is 3.52. The average Bonchev–Trinajstić information content (AvgIpc) is 2.95. The Kier molecular flexibility index (Phi) is 6.29. The fourth-order valence-corrected chi connectivity index (χ4v) is 1.90. The molecule has 8 nitrogen and oxygen atoms in total. The molecule has 0 aromatic carbocycles. The molecule has 21 heavy (non-hydrogen) atoms. The normalized spacial score (nSPS) is 11.1. The number of rotatable bonds is 6. The predicted octanol–water partition coefficient (Wildman–Crippen LogP) is 1.27. The molecule has 0 spiro atoms. The van der Waals surface area contributed by atoms with Crippen LogP contribution in [0.3, 0.4) is 0 Å². The van der Waals surface area contributed by atoms with Crippen molar-refractivity contribution in [3.8, 4) is 6.07 Å². The smallest absolute Gasteiger partial charge is 0.351 e. The Bertz CT molecular complexity index is 603. The number of nitriles is 1. The molecule has 0 atom stereocenters. The summed E-state index contributed by atoms with van der Waals surface area (Å²) in [6, 6.07) is 1.76. The fraction of sp³-hybridized carbons (Fsp3) is 0.333. The first-order valence-electron chi connectivity index (χ1n) is 5.83. The number of hydrogen-bond acceptors (Lipinski definition) is 8. The molecule has 0 aliphatic rings. The molecule has 0 aliphatic heterocycles. The van der Waals surface area contributed by atoms with E-state index in [-0.39, 0.29) is 28.6 Å². The molecule has 112 valence electrons. The lowest BCUT2D eigenvalue weighted by atomic mass is 10.3. The Morgan fingerprint density at radius 1 is 1.57 bits per heavy atom. The summed E-state index contributed by atoms with van der Waals surface area (Å²) in [5, 5.41) is 18.4. The third-order valence-corrected chi connectivity index (χ3v) is 3.02. The molecule has 0 saturated heterocycles. The Morgan fingerprint density at radius 3 is 2.81 bits per heavy atom. The second kappa shape index (κ2) is 7.96. The maximum Gasteiger partial charge on any atom is 0.351 e. The van der Waals surface area contributed by atoms with Crippen LogP contribution in [0.1, 0.15) is 17.3 Å². The van der Waals surface area contributed by atoms with Gasteiger partial charge in [-0.3, -0.25) is 5.10 Å². The summed E-state index contributed by atoms with van der Waals surface area (Å²) in [6.07, 6.45) is 2.96. The lowest BCUT2D eigenvalue weighted by molar-refractivity contribution is -0.135. The van der Waals surface area contributed by atoms with Crippen LogP contribution < -0.4 is 5.32 Å². The first-order valence-corrected chi connectivity index (χ1v) is 7.05. The summed E-state index contributed by atoms with van der Waals surface area (Å²) in [6.45, 7) is 1.91. The molecule has 0 amide bonds. The summed E-state index contributed by atoms with van der Waals surface area (Å²) < 4.78 is 9.41. The van der Waals surface area contributed by atoms with E-state index in [0.29, 0.717) is 0 Å². The quantitative estimate of drug-likeness (QED) is 0.458. The van der Waals surface area contributed by atoms with Crippen molar-refractivity contribution in [2.24, 2.45) is 0 Å². The highest BCUT2D eigenvalue weighted by Gasteiger charge is 2.20. The van der Waals surface area contributed by atoms with E-state index in [9.17, 15) is 9.59 Å². The Hall–Kier alpha value is -2.47. The van der Waals surface area contributed by atoms with Gasteiger partial charge in [-0.1, -0.05) is 0 Å². The average molecular weight is 310 g/mol. The largest absolute Gasteiger partial charge is 0.465 e. The summed E-state index contributed by atoms with van der Waals surface area (Å²) in [4.78, 5) is 23.2. The maximum absolute atomic E-state index is 11.7. The highest BCUT2D eigenvalue weighted by atomic mass is 32.2. The van der Waals surface area contributed by atoms with Gasteiger partial charge in [0.1, 0.15) is 17.5 Å². The van der Waals surface area contributed by atoms with Crippen LogP contribution in [-0.4, -0.2) is 42.1 Å². The first-order chi connectivity index (χ1) is 10.1. The lowest BCUT2D eigenvalue weighted by Crippen LogP contribution is -2.12. The van der Waals surface area contributed by atoms with Gasteiger partial charge < -0.3 is 14.8 Å². The molecule has 0 unspecified atom stereocenters. The van der Waals surface area contributed by atoms with Crippen LogP contribution in [0.5, 0.6) is 0 Å². The summed E-state index contributed by atoms with van der Waals surface area (Å²) in [5.74, 6) is -1.10. The second-order valence-corrected chi connectivity index (χ2v) is 4.33. The van der Waals surface area contributed by atoms with Crippen molar-refractivity contribution < 1.29 is 19.1 Å². The Morgan fingerprint density at radius 2 is 2.29 bits per heavy atom. The zero-order chi connectivity index (χ0) is 15.8. The van der Waals surface area contributed by atoms with Gasteiger partial charge in [0.05, 0.1) is 24.9 Å². The number of carbonyl (C=O) groups is 2. The van der Waals surface area contributed by atoms with Gasteiger partial charge in [0.25, 0.3) is 0 Å². The minimum Gasteiger partial charge on any atom is -0.465 e. The van der Waals surface area contributed by atoms with Crippen LogP contribution in [0.2, 0.25) is 0 Å². The fourth-order valence-electron chi connectivity index (χ4n) is 1.37. The van der Waals surface area contributed by atoms with Crippen molar-refractivity contribution in [2.75, 3.05) is 25.3 Å². The number of nitrogens with one attached hydrogen (secondary N) is 2. The number of hydrogen-bond donors (Lipinski definition) is 2. The number of ether oxygens (including phenoxy) is 2. The molecule has 0 fully saturated rings. The number of methoxy groups -OCH3 is 1. The van der Waals surface area contributed by atoms with E-state index in [0.717, 1.165) is 11.8 Å². The summed E-state index contributed by atoms with van der Waals surface area (Å²) in [5.41, 5.74) is -0.0278. The number of aromatic nitrogens is 2. The van der Waals surface area contributed by atoms with Crippen LogP contribution in [-0.2, 0) is 14.3 Å². The van der Waals surface area contributed by atoms with E-state index in [1.54, 1.807) is 19.2 Å². The van der Waals surface area contributed by atoms with Crippen LogP contribution in [0.4, 0.5) is 5.82 Å². The number of esters is 2. The molecule has 2 N–H and O–H groups in total. The lowest BCUT2D eigenvalue weighted by Gasteiger charge is -2.10. The molecule has 9 heteroatoms. The molecule has 1 heterocycles. The van der Waals surface area contributed by atoms with Gasteiger partial charge in [0.2, 0.25) is 0 Å². The number of thioether (sulfide) groups is 1. The van der Waals surface area contributed by atoms with Gasteiger partial charge in [-0.05, 0) is 13.2 Å². The van der Waals surface area contributed by atoms with Gasteiger partial charge in [0, 0.05) is 0 Å². The van der Waals surface area contributed by atoms with Crippen molar-refractivity contribution in [1.82, 2.24) is 10.2 Å². The van der Waals surface area contributed by atoms with Gasteiger partial charge in [0.15, 0.2) is 5.57 Å². The van der Waals surface area contributed by atoms with Gasteiger partial charge >= 0.3 is 11.9 Å². The van der Waals surface area contributed by atoms with Gasteiger partial charge in [-0.15, -0.1) is 11.8 Å². The van der Waals surface area contributed by atoms with Crippen LogP contribution in [0.25, 0.3) is 0 Å². The van der Waals surface area contributed by atoms with Crippen molar-refractivity contribution in [3.05, 3.63) is 22.4 Å². The monoisotopic (exact) mass is 310 g/mol. The van der Waals surface area contributed by atoms with Gasteiger partial charge in [-0.2, -0.15) is 10.4 Å². The molecular formula is C12H14N4O4S. The van der Waals surface area contributed by atoms with Crippen molar-refractivity contribution in [3.63, 3.8) is 0 Å². The third kappa shape index (κ3) is 4.00. The topological polar surface area (TPSA) is 117 Å². The first kappa shape index (κ1) is 16.6. The van der Waals surface area contributed by atoms with E-state index in [2.05, 4.69) is 20.3 Å². The standard InChI is InChI=1S/C12H14N4O4S/c1-4-20-12(18)8-6-14-16-9(8)15-10(21-3)7(5-13)11(17)19-2/h6H,4H2,1-3H3,(H2,14,15,16)/b10-7-.